The van der Waals surface area contributed by atoms with Crippen LogP contribution in [0.5, 0.6) is 0 Å². The van der Waals surface area contributed by atoms with Gasteiger partial charge in [0.2, 0.25) is 0 Å². The monoisotopic (exact) mass is 202 g/mol. The number of unbranched alkanes of at least 4 members (excludes halogenated alkanes) is 1. The second-order valence-corrected chi connectivity index (χ2v) is 3.57. The van der Waals surface area contributed by atoms with Gasteiger partial charge in [0.05, 0.1) is 13.2 Å². The number of thiocarbonyl (C=S) groups is 1. The minimum absolute atomic E-state index is 0.801. The molecule has 0 radical (unpaired) electrons. The fourth-order valence-corrected chi connectivity index (χ4v) is 1.53. The summed E-state index contributed by atoms with van der Waals surface area (Å²) >= 11 is 5.25. The first-order valence-corrected chi connectivity index (χ1v) is 5.36. The van der Waals surface area contributed by atoms with E-state index in [-0.39, 0.29) is 0 Å². The van der Waals surface area contributed by atoms with Crippen molar-refractivity contribution in [3.8, 4) is 0 Å². The van der Waals surface area contributed by atoms with E-state index in [4.69, 9.17) is 17.0 Å². The van der Waals surface area contributed by atoms with Crippen molar-refractivity contribution in [3.05, 3.63) is 0 Å². The number of ether oxygens (including phenoxy) is 1. The smallest absolute Gasteiger partial charge is 0.169 e. The molecule has 3 nitrogen and oxygen atoms in total. The minimum Gasteiger partial charge on any atom is -0.378 e. The van der Waals surface area contributed by atoms with Crippen molar-refractivity contribution in [3.63, 3.8) is 0 Å². The third kappa shape index (κ3) is 3.91. The topological polar surface area (TPSA) is 24.5 Å². The molecular formula is C9H18N2OS. The largest absolute Gasteiger partial charge is 0.378 e. The summed E-state index contributed by atoms with van der Waals surface area (Å²) in [6.45, 7) is 6.63. The summed E-state index contributed by atoms with van der Waals surface area (Å²) in [5, 5.41) is 4.14. The van der Waals surface area contributed by atoms with E-state index < -0.39 is 0 Å². The quantitative estimate of drug-likeness (QED) is 0.545. The van der Waals surface area contributed by atoms with E-state index in [1.165, 1.54) is 12.8 Å². The van der Waals surface area contributed by atoms with Crippen LogP contribution < -0.4 is 5.32 Å². The van der Waals surface area contributed by atoms with E-state index in [0.29, 0.717) is 0 Å². The Morgan fingerprint density at radius 1 is 1.46 bits per heavy atom. The van der Waals surface area contributed by atoms with Crippen LogP contribution in [0.15, 0.2) is 0 Å². The second kappa shape index (κ2) is 6.16. The number of morpholine rings is 1. The highest BCUT2D eigenvalue weighted by atomic mass is 32.1. The fourth-order valence-electron chi connectivity index (χ4n) is 1.25. The van der Waals surface area contributed by atoms with Gasteiger partial charge >= 0.3 is 0 Å². The highest BCUT2D eigenvalue weighted by Crippen LogP contribution is 1.97. The molecule has 1 aliphatic heterocycles. The number of hydrogen-bond donors (Lipinski definition) is 1. The molecule has 0 atom stereocenters. The van der Waals surface area contributed by atoms with Crippen molar-refractivity contribution >= 4 is 17.3 Å². The van der Waals surface area contributed by atoms with Crippen LogP contribution in [-0.2, 0) is 4.74 Å². The van der Waals surface area contributed by atoms with E-state index in [1.807, 2.05) is 0 Å². The molecule has 0 aliphatic carbocycles. The van der Waals surface area contributed by atoms with Crippen LogP contribution in [0.2, 0.25) is 0 Å². The van der Waals surface area contributed by atoms with Crippen molar-refractivity contribution in [1.82, 2.24) is 10.2 Å². The average molecular weight is 202 g/mol. The normalized spacial score (nSPS) is 17.2. The summed E-state index contributed by atoms with van der Waals surface area (Å²) in [5.41, 5.74) is 0. The average Bonchev–Trinajstić information content (AvgIpc) is 2.19. The van der Waals surface area contributed by atoms with E-state index in [2.05, 4.69) is 17.1 Å². The Hall–Kier alpha value is -0.350. The molecule has 1 saturated heterocycles. The van der Waals surface area contributed by atoms with Crippen LogP contribution in [0.1, 0.15) is 19.8 Å². The number of nitrogens with one attached hydrogen (secondary N) is 1. The standard InChI is InChI=1S/C9H18N2OS/c1-2-3-4-10-9(13)11-5-7-12-8-6-11/h2-8H2,1H3,(H,10,13). The van der Waals surface area contributed by atoms with Gasteiger partial charge in [0, 0.05) is 19.6 Å². The maximum atomic E-state index is 5.25. The lowest BCUT2D eigenvalue weighted by atomic mass is 10.3. The van der Waals surface area contributed by atoms with Gasteiger partial charge in [0.25, 0.3) is 0 Å². The number of hydrogen-bond acceptors (Lipinski definition) is 2. The lowest BCUT2D eigenvalue weighted by Crippen LogP contribution is -2.46. The molecule has 1 aliphatic rings. The van der Waals surface area contributed by atoms with Crippen molar-refractivity contribution < 1.29 is 4.74 Å². The first-order valence-electron chi connectivity index (χ1n) is 4.95. The molecule has 1 rings (SSSR count). The zero-order valence-corrected chi connectivity index (χ0v) is 9.03. The van der Waals surface area contributed by atoms with E-state index in [0.717, 1.165) is 38.0 Å². The Labute approximate surface area is 85.4 Å². The van der Waals surface area contributed by atoms with E-state index in [1.54, 1.807) is 0 Å². The van der Waals surface area contributed by atoms with Crippen LogP contribution in [-0.4, -0.2) is 42.9 Å². The molecule has 0 amide bonds. The Morgan fingerprint density at radius 2 is 2.15 bits per heavy atom. The molecule has 0 saturated carbocycles. The lowest BCUT2D eigenvalue weighted by Gasteiger charge is -2.29. The number of rotatable bonds is 3. The third-order valence-corrected chi connectivity index (χ3v) is 2.51. The van der Waals surface area contributed by atoms with Crippen LogP contribution in [0.25, 0.3) is 0 Å². The van der Waals surface area contributed by atoms with Crippen molar-refractivity contribution in [2.24, 2.45) is 0 Å². The summed E-state index contributed by atoms with van der Waals surface area (Å²) in [7, 11) is 0. The molecule has 0 aromatic heterocycles. The zero-order valence-electron chi connectivity index (χ0n) is 8.21. The van der Waals surface area contributed by atoms with E-state index in [9.17, 15) is 0 Å². The molecule has 0 spiro atoms. The van der Waals surface area contributed by atoms with Crippen LogP contribution in [0.3, 0.4) is 0 Å². The second-order valence-electron chi connectivity index (χ2n) is 3.18. The van der Waals surface area contributed by atoms with Gasteiger partial charge in [0.15, 0.2) is 5.11 Å². The van der Waals surface area contributed by atoms with Gasteiger partial charge in [-0.3, -0.25) is 0 Å². The predicted molar refractivity (Wildman–Crippen MR) is 57.9 cm³/mol. The molecule has 76 valence electrons. The Kier molecular flexibility index (Phi) is 5.08. The molecule has 4 heteroatoms. The Bertz CT molecular complexity index is 158. The summed E-state index contributed by atoms with van der Waals surface area (Å²) < 4.78 is 5.25. The fraction of sp³-hybridized carbons (Fsp3) is 0.889. The summed E-state index contributed by atoms with van der Waals surface area (Å²) in [4.78, 5) is 2.18. The van der Waals surface area contributed by atoms with Gasteiger partial charge in [-0.1, -0.05) is 13.3 Å². The van der Waals surface area contributed by atoms with Gasteiger partial charge in [0.1, 0.15) is 0 Å². The molecule has 0 bridgehead atoms. The molecular weight excluding hydrogens is 184 g/mol. The molecule has 13 heavy (non-hydrogen) atoms. The maximum Gasteiger partial charge on any atom is 0.169 e. The molecule has 1 heterocycles. The van der Waals surface area contributed by atoms with Crippen molar-refractivity contribution in [2.75, 3.05) is 32.8 Å². The zero-order chi connectivity index (χ0) is 9.52. The molecule has 0 aromatic rings. The SMILES string of the molecule is CCCCNC(=S)N1CCOCC1. The van der Waals surface area contributed by atoms with Crippen LogP contribution in [0, 0.1) is 0 Å². The van der Waals surface area contributed by atoms with Crippen molar-refractivity contribution in [1.29, 1.82) is 0 Å². The maximum absolute atomic E-state index is 5.25. The van der Waals surface area contributed by atoms with Crippen LogP contribution >= 0.6 is 12.2 Å². The molecule has 0 aromatic carbocycles. The molecule has 1 fully saturated rings. The predicted octanol–water partition coefficient (Wildman–Crippen LogP) is 0.993. The van der Waals surface area contributed by atoms with Crippen LogP contribution in [0.4, 0.5) is 0 Å². The van der Waals surface area contributed by atoms with E-state index >= 15 is 0 Å². The van der Waals surface area contributed by atoms with Gasteiger partial charge in [-0.15, -0.1) is 0 Å². The minimum atomic E-state index is 0.801. The van der Waals surface area contributed by atoms with Gasteiger partial charge in [-0.05, 0) is 18.6 Å². The number of nitrogens with zero attached hydrogens (tertiary/aromatic N) is 1. The summed E-state index contributed by atoms with van der Waals surface area (Å²) in [5.74, 6) is 0. The van der Waals surface area contributed by atoms with Gasteiger partial charge in [-0.25, -0.2) is 0 Å². The summed E-state index contributed by atoms with van der Waals surface area (Å²) in [6.07, 6.45) is 2.39. The van der Waals surface area contributed by atoms with Gasteiger partial charge in [-0.2, -0.15) is 0 Å². The van der Waals surface area contributed by atoms with Crippen molar-refractivity contribution in [2.45, 2.75) is 19.8 Å². The highest BCUT2D eigenvalue weighted by molar-refractivity contribution is 7.80. The molecule has 0 unspecified atom stereocenters. The first-order chi connectivity index (χ1) is 6.34. The first kappa shape index (κ1) is 10.7. The highest BCUT2D eigenvalue weighted by Gasteiger charge is 2.12. The van der Waals surface area contributed by atoms with Gasteiger partial charge < -0.3 is 15.0 Å². The summed E-state index contributed by atoms with van der Waals surface area (Å²) in [6, 6.07) is 0. The Morgan fingerprint density at radius 3 is 2.77 bits per heavy atom. The molecule has 1 N–H and O–H groups in total. The third-order valence-electron chi connectivity index (χ3n) is 2.10. The Balaban J connectivity index is 2.13. The lowest BCUT2D eigenvalue weighted by molar-refractivity contribution is 0.0677.